The maximum atomic E-state index is 12.3. The maximum absolute atomic E-state index is 12.3. The Labute approximate surface area is 240 Å². The third-order valence-electron chi connectivity index (χ3n) is 5.48. The molecular formula is C30H42O11. The van der Waals surface area contributed by atoms with Gasteiger partial charge in [-0.15, -0.1) is 0 Å². The summed E-state index contributed by atoms with van der Waals surface area (Å²) in [5.41, 5.74) is 0.741. The summed E-state index contributed by atoms with van der Waals surface area (Å²) in [7, 11) is 0. The van der Waals surface area contributed by atoms with Crippen molar-refractivity contribution in [3.8, 4) is 51.7 Å². The molecule has 0 spiro atoms. The Kier molecular flexibility index (Phi) is 15.2. The Morgan fingerprint density at radius 3 is 1.66 bits per heavy atom. The molecule has 0 aliphatic carbocycles. The lowest BCUT2D eigenvalue weighted by atomic mass is 9.89. The van der Waals surface area contributed by atoms with Crippen LogP contribution >= 0.6 is 0 Å². The summed E-state index contributed by atoms with van der Waals surface area (Å²) >= 11 is 0. The summed E-state index contributed by atoms with van der Waals surface area (Å²) < 4.78 is 10.9. The average molecular weight is 579 g/mol. The van der Waals surface area contributed by atoms with Crippen LogP contribution in [0.1, 0.15) is 75.9 Å². The molecule has 1 aliphatic heterocycles. The van der Waals surface area contributed by atoms with Gasteiger partial charge in [-0.05, 0) is 31.2 Å². The molecule has 11 heteroatoms. The number of hydrogen-bond donors (Lipinski definition) is 8. The first kappa shape index (κ1) is 36.3. The number of hydrogen-bond acceptors (Lipinski definition) is 11. The van der Waals surface area contributed by atoms with Gasteiger partial charge in [0.15, 0.2) is 34.5 Å². The number of aromatic hydroxyl groups is 8. The van der Waals surface area contributed by atoms with Crippen molar-refractivity contribution in [2.45, 2.75) is 67.4 Å². The van der Waals surface area contributed by atoms with Gasteiger partial charge in [-0.25, -0.2) is 4.79 Å². The van der Waals surface area contributed by atoms with Gasteiger partial charge in [-0.2, -0.15) is 0 Å². The topological polar surface area (TPSA) is 197 Å². The molecule has 228 valence electrons. The van der Waals surface area contributed by atoms with Crippen LogP contribution in [0.15, 0.2) is 36.4 Å². The van der Waals surface area contributed by atoms with Crippen molar-refractivity contribution in [3.05, 3.63) is 53.1 Å². The van der Waals surface area contributed by atoms with Gasteiger partial charge in [-0.3, -0.25) is 0 Å². The second-order valence-electron chi connectivity index (χ2n) is 7.83. The fourth-order valence-corrected chi connectivity index (χ4v) is 3.46. The van der Waals surface area contributed by atoms with Crippen molar-refractivity contribution in [3.63, 3.8) is 0 Å². The van der Waals surface area contributed by atoms with Gasteiger partial charge in [0, 0.05) is 23.1 Å². The van der Waals surface area contributed by atoms with E-state index in [4.69, 9.17) is 24.8 Å². The summed E-state index contributed by atoms with van der Waals surface area (Å²) in [5.74, 6) is -4.32. The molecule has 3 aromatic rings. The van der Waals surface area contributed by atoms with Crippen molar-refractivity contribution in [1.29, 1.82) is 0 Å². The third kappa shape index (κ3) is 8.92. The Bertz CT molecular complexity index is 1230. The number of esters is 1. The molecule has 41 heavy (non-hydrogen) atoms. The average Bonchev–Trinajstić information content (AvgIpc) is 2.97. The number of fused-ring (bicyclic) bond motifs is 1. The molecule has 0 aromatic heterocycles. The molecule has 11 nitrogen and oxygen atoms in total. The molecule has 8 N–H and O–H groups in total. The summed E-state index contributed by atoms with van der Waals surface area (Å²) in [5, 5.41) is 74.4. The monoisotopic (exact) mass is 578 g/mol. The van der Waals surface area contributed by atoms with Gasteiger partial charge < -0.3 is 50.3 Å². The van der Waals surface area contributed by atoms with Gasteiger partial charge in [-0.1, -0.05) is 54.5 Å². The first-order valence-electron chi connectivity index (χ1n) is 13.3. The van der Waals surface area contributed by atoms with Crippen molar-refractivity contribution in [1.82, 2.24) is 0 Å². The number of rotatable bonds is 2. The normalized spacial score (nSPS) is 14.3. The zero-order valence-corrected chi connectivity index (χ0v) is 24.6. The van der Waals surface area contributed by atoms with Gasteiger partial charge in [0.05, 0.1) is 5.56 Å². The second-order valence-corrected chi connectivity index (χ2v) is 7.83. The van der Waals surface area contributed by atoms with E-state index >= 15 is 0 Å². The Balaban J connectivity index is 0.000000890. The van der Waals surface area contributed by atoms with E-state index in [2.05, 4.69) is 0 Å². The van der Waals surface area contributed by atoms with E-state index in [0.29, 0.717) is 16.9 Å². The molecule has 1 heterocycles. The number of phenols is 8. The van der Waals surface area contributed by atoms with Crippen LogP contribution in [0.2, 0.25) is 0 Å². The molecule has 2 unspecified atom stereocenters. The third-order valence-corrected chi connectivity index (χ3v) is 5.48. The molecule has 0 fully saturated rings. The first-order chi connectivity index (χ1) is 19.4. The molecule has 3 aromatic carbocycles. The van der Waals surface area contributed by atoms with Crippen LogP contribution < -0.4 is 4.74 Å². The first-order valence-corrected chi connectivity index (χ1v) is 13.3. The number of phenolic OH excluding ortho intramolecular Hbond substituents is 8. The zero-order chi connectivity index (χ0) is 32.0. The minimum absolute atomic E-state index is 0.000310. The zero-order valence-electron chi connectivity index (χ0n) is 24.6. The van der Waals surface area contributed by atoms with Crippen LogP contribution in [0.5, 0.6) is 51.7 Å². The number of carbonyl (C=O) groups excluding carboxylic acids is 1. The van der Waals surface area contributed by atoms with Crippen LogP contribution in [0.4, 0.5) is 0 Å². The number of benzene rings is 3. The van der Waals surface area contributed by atoms with Crippen LogP contribution in [0, 0.1) is 6.92 Å². The highest BCUT2D eigenvalue weighted by Gasteiger charge is 2.35. The minimum Gasteiger partial charge on any atom is -0.507 e. The lowest BCUT2D eigenvalue weighted by Gasteiger charge is -2.32. The molecule has 0 bridgehead atoms. The highest BCUT2D eigenvalue weighted by molar-refractivity contribution is 5.91. The largest absolute Gasteiger partial charge is 0.507 e. The fourth-order valence-electron chi connectivity index (χ4n) is 3.46. The molecule has 1 aliphatic rings. The predicted molar refractivity (Wildman–Crippen MR) is 155 cm³/mol. The SMILES string of the molecule is CC.CC.CC.Cc1c(O)cc(O)c2c1OCC(OC(=O)c1cc(O)c(O)c(O)c1)C2C.Oc1cccc(O)c1O. The van der Waals surface area contributed by atoms with Crippen LogP contribution in [0.3, 0.4) is 0 Å². The number of ether oxygens (including phenoxy) is 2. The van der Waals surface area contributed by atoms with Gasteiger partial charge in [0.25, 0.3) is 0 Å². The quantitative estimate of drug-likeness (QED) is 0.129. The van der Waals surface area contributed by atoms with Crippen molar-refractivity contribution >= 4 is 5.97 Å². The van der Waals surface area contributed by atoms with Gasteiger partial charge >= 0.3 is 5.97 Å². The maximum Gasteiger partial charge on any atom is 0.338 e. The molecule has 2 atom stereocenters. The van der Waals surface area contributed by atoms with E-state index in [1.54, 1.807) is 13.8 Å². The highest BCUT2D eigenvalue weighted by atomic mass is 16.6. The molecular weight excluding hydrogens is 536 g/mol. The summed E-state index contributed by atoms with van der Waals surface area (Å²) in [6.07, 6.45) is -0.747. The van der Waals surface area contributed by atoms with Crippen molar-refractivity contribution in [2.75, 3.05) is 6.61 Å². The molecule has 4 rings (SSSR count). The summed E-state index contributed by atoms with van der Waals surface area (Å²) in [6.45, 7) is 15.4. The number of para-hydroxylation sites is 1. The second kappa shape index (κ2) is 17.1. The van der Waals surface area contributed by atoms with E-state index in [9.17, 15) is 30.3 Å². The van der Waals surface area contributed by atoms with Crippen LogP contribution in [-0.2, 0) is 4.74 Å². The van der Waals surface area contributed by atoms with E-state index < -0.39 is 41.0 Å². The molecule has 0 amide bonds. The van der Waals surface area contributed by atoms with E-state index in [0.717, 1.165) is 12.1 Å². The highest BCUT2D eigenvalue weighted by Crippen LogP contribution is 2.46. The van der Waals surface area contributed by atoms with E-state index in [1.165, 1.54) is 24.3 Å². The van der Waals surface area contributed by atoms with Crippen molar-refractivity contribution in [2.24, 2.45) is 0 Å². The standard InChI is InChI=1S/C18H18O8.C6H6O3.3C2H6/c1-7-10(19)5-11(20)15-8(2)14(6-25-17(7)15)26-18(24)9-3-12(21)16(23)13(22)4-9;7-4-2-1-3-5(8)6(4)9;3*1-2/h3-5,8,14,19-23H,6H2,1-2H3;1-3,7-9H;3*1-2H3. The fraction of sp³-hybridized carbons (Fsp3) is 0.367. The number of carbonyl (C=O) groups is 1. The smallest absolute Gasteiger partial charge is 0.338 e. The van der Waals surface area contributed by atoms with Crippen LogP contribution in [0.25, 0.3) is 0 Å². The Morgan fingerprint density at radius 1 is 0.732 bits per heavy atom. The summed E-state index contributed by atoms with van der Waals surface area (Å²) in [6, 6.07) is 7.15. The Morgan fingerprint density at radius 2 is 1.20 bits per heavy atom. The van der Waals surface area contributed by atoms with Gasteiger partial charge in [0.1, 0.15) is 30.0 Å². The van der Waals surface area contributed by atoms with E-state index in [-0.39, 0.29) is 35.2 Å². The predicted octanol–water partition coefficient (Wildman–Crippen LogP) is 6.13. The van der Waals surface area contributed by atoms with E-state index in [1.807, 2.05) is 41.5 Å². The lowest BCUT2D eigenvalue weighted by Crippen LogP contribution is -2.34. The van der Waals surface area contributed by atoms with Gasteiger partial charge in [0.2, 0.25) is 0 Å². The molecule has 0 saturated carbocycles. The molecule has 0 radical (unpaired) electrons. The molecule has 0 saturated heterocycles. The minimum atomic E-state index is -0.838. The van der Waals surface area contributed by atoms with Crippen LogP contribution in [-0.4, -0.2) is 59.5 Å². The Hall–Kier alpha value is -4.67. The van der Waals surface area contributed by atoms with Crippen molar-refractivity contribution < 1.29 is 55.1 Å². The lowest BCUT2D eigenvalue weighted by molar-refractivity contribution is 0.00400. The summed E-state index contributed by atoms with van der Waals surface area (Å²) in [4.78, 5) is 12.3.